The molecule has 200 valence electrons. The molecule has 0 spiro atoms. The zero-order valence-corrected chi connectivity index (χ0v) is 22.6. The maximum Gasteiger partial charge on any atom is 0.407 e. The molecule has 1 aliphatic carbocycles. The normalized spacial score (nSPS) is 15.1. The van der Waals surface area contributed by atoms with E-state index in [-0.39, 0.29) is 11.9 Å². The summed E-state index contributed by atoms with van der Waals surface area (Å²) in [7, 11) is 0. The molecule has 1 fully saturated rings. The number of alkyl carbamates (subject to hydrolysis) is 1. The zero-order chi connectivity index (χ0) is 24.7. The largest absolute Gasteiger partial charge is 0.464 e. The van der Waals surface area contributed by atoms with E-state index >= 15 is 0 Å². The average molecular weight is 482 g/mol. The van der Waals surface area contributed by atoms with Crippen LogP contribution in [-0.2, 0) is 14.3 Å². The highest BCUT2D eigenvalue weighted by molar-refractivity contribution is 5.81. The summed E-state index contributed by atoms with van der Waals surface area (Å²) in [6.45, 7) is 5.05. The number of carbonyl (C=O) groups excluding carboxylic acids is 2. The smallest absolute Gasteiger partial charge is 0.407 e. The Morgan fingerprint density at radius 3 is 1.65 bits per heavy atom. The highest BCUT2D eigenvalue weighted by Gasteiger charge is 2.32. The van der Waals surface area contributed by atoms with E-state index in [1.807, 2.05) is 6.92 Å². The lowest BCUT2D eigenvalue weighted by Crippen LogP contribution is -2.47. The fourth-order valence-electron chi connectivity index (χ4n) is 4.94. The van der Waals surface area contributed by atoms with Gasteiger partial charge in [0.1, 0.15) is 6.04 Å². The molecule has 1 unspecified atom stereocenters. The molecule has 5 nitrogen and oxygen atoms in total. The van der Waals surface area contributed by atoms with Gasteiger partial charge in [-0.05, 0) is 31.6 Å². The van der Waals surface area contributed by atoms with Gasteiger partial charge in [0.05, 0.1) is 13.2 Å². The van der Waals surface area contributed by atoms with Crippen LogP contribution in [0.4, 0.5) is 4.79 Å². The molecule has 0 bridgehead atoms. The lowest BCUT2D eigenvalue weighted by molar-refractivity contribution is -0.148. The van der Waals surface area contributed by atoms with E-state index in [9.17, 15) is 9.59 Å². The molecular weight excluding hydrogens is 426 g/mol. The van der Waals surface area contributed by atoms with E-state index in [0.29, 0.717) is 13.2 Å². The minimum absolute atomic E-state index is 0.163. The Morgan fingerprint density at radius 2 is 1.15 bits per heavy atom. The molecule has 0 heterocycles. The first-order chi connectivity index (χ1) is 16.7. The first kappa shape index (κ1) is 30.8. The Morgan fingerprint density at radius 1 is 0.647 bits per heavy atom. The molecule has 0 aromatic rings. The van der Waals surface area contributed by atoms with E-state index in [1.54, 1.807) is 0 Å². The number of rotatable bonds is 21. The van der Waals surface area contributed by atoms with Crippen LogP contribution in [0, 0.1) is 5.92 Å². The zero-order valence-electron chi connectivity index (χ0n) is 22.6. The first-order valence-electron chi connectivity index (χ1n) is 14.8. The highest BCUT2D eigenvalue weighted by Crippen LogP contribution is 2.27. The van der Waals surface area contributed by atoms with Crippen molar-refractivity contribution in [3.8, 4) is 0 Å². The van der Waals surface area contributed by atoms with Crippen LogP contribution >= 0.6 is 0 Å². The minimum atomic E-state index is -0.569. The number of nitrogens with one attached hydrogen (secondary N) is 1. The number of ether oxygens (including phenoxy) is 2. The summed E-state index contributed by atoms with van der Waals surface area (Å²) in [5.41, 5.74) is 0. The second kappa shape index (κ2) is 22.2. The van der Waals surface area contributed by atoms with E-state index in [2.05, 4.69) is 12.2 Å². The third-order valence-electron chi connectivity index (χ3n) is 7.08. The summed E-state index contributed by atoms with van der Waals surface area (Å²) in [6, 6.07) is -0.569. The molecule has 0 aromatic carbocycles. The van der Waals surface area contributed by atoms with E-state index in [0.717, 1.165) is 44.9 Å². The van der Waals surface area contributed by atoms with Gasteiger partial charge in [0.2, 0.25) is 0 Å². The third-order valence-corrected chi connectivity index (χ3v) is 7.08. The quantitative estimate of drug-likeness (QED) is 0.132. The molecule has 1 rings (SSSR count). The third kappa shape index (κ3) is 16.4. The second-order valence-electron chi connectivity index (χ2n) is 10.3. The van der Waals surface area contributed by atoms with Crippen LogP contribution in [-0.4, -0.2) is 31.3 Å². The average Bonchev–Trinajstić information content (AvgIpc) is 2.86. The Labute approximate surface area is 210 Å². The number of unbranched alkanes of at least 4 members (excludes halogenated alkanes) is 14. The Bertz CT molecular complexity index is 491. The standard InChI is InChI=1S/C29H55NO4/c1-3-5-6-7-8-9-10-11-12-13-14-15-16-17-21-25-33-28(31)27(26-22-19-18-20-23-26)30-29(32)34-24-4-2/h26-27H,3-25H2,1-2H3,(H,30,32). The Hall–Kier alpha value is -1.26. The van der Waals surface area contributed by atoms with Gasteiger partial charge in [-0.3, -0.25) is 0 Å². The van der Waals surface area contributed by atoms with Gasteiger partial charge in [-0.25, -0.2) is 9.59 Å². The van der Waals surface area contributed by atoms with Crippen molar-refractivity contribution < 1.29 is 19.1 Å². The van der Waals surface area contributed by atoms with Gasteiger partial charge in [-0.1, -0.05) is 123 Å². The predicted molar refractivity (Wildman–Crippen MR) is 141 cm³/mol. The van der Waals surface area contributed by atoms with Gasteiger partial charge in [0.25, 0.3) is 0 Å². The second-order valence-corrected chi connectivity index (χ2v) is 10.3. The van der Waals surface area contributed by atoms with Crippen molar-refractivity contribution in [2.24, 2.45) is 5.92 Å². The first-order valence-corrected chi connectivity index (χ1v) is 14.8. The molecule has 0 aromatic heterocycles. The van der Waals surface area contributed by atoms with Crippen molar-refractivity contribution in [1.29, 1.82) is 0 Å². The molecule has 1 N–H and O–H groups in total. The number of hydrogen-bond donors (Lipinski definition) is 1. The number of carbonyl (C=O) groups is 2. The van der Waals surface area contributed by atoms with Crippen LogP contribution in [0.5, 0.6) is 0 Å². The SMILES string of the molecule is CCCCCCCCCCCCCCCCCOC(=O)C(NC(=O)OCCC)C1CCCCC1. The molecule has 0 radical (unpaired) electrons. The van der Waals surface area contributed by atoms with Crippen LogP contribution in [0.1, 0.15) is 149 Å². The highest BCUT2D eigenvalue weighted by atomic mass is 16.6. The van der Waals surface area contributed by atoms with Gasteiger partial charge in [0.15, 0.2) is 0 Å². The maximum atomic E-state index is 12.7. The van der Waals surface area contributed by atoms with E-state index in [4.69, 9.17) is 9.47 Å². The van der Waals surface area contributed by atoms with Crippen LogP contribution in [0.2, 0.25) is 0 Å². The van der Waals surface area contributed by atoms with E-state index < -0.39 is 12.1 Å². The fraction of sp³-hybridized carbons (Fsp3) is 0.931. The fourth-order valence-corrected chi connectivity index (χ4v) is 4.94. The molecule has 34 heavy (non-hydrogen) atoms. The Balaban J connectivity index is 2.04. The summed E-state index contributed by atoms with van der Waals surface area (Å²) in [5, 5.41) is 2.79. The maximum absolute atomic E-state index is 12.7. The molecule has 1 aliphatic rings. The number of esters is 1. The van der Waals surface area contributed by atoms with Crippen molar-refractivity contribution >= 4 is 12.1 Å². The molecule has 0 aliphatic heterocycles. The summed E-state index contributed by atoms with van der Waals surface area (Å²) in [5.74, 6) is -0.123. The van der Waals surface area contributed by atoms with E-state index in [1.165, 1.54) is 89.9 Å². The van der Waals surface area contributed by atoms with Crippen molar-refractivity contribution in [3.05, 3.63) is 0 Å². The van der Waals surface area contributed by atoms with Gasteiger partial charge >= 0.3 is 12.1 Å². The molecule has 1 atom stereocenters. The topological polar surface area (TPSA) is 64.6 Å². The minimum Gasteiger partial charge on any atom is -0.464 e. The van der Waals surface area contributed by atoms with Gasteiger partial charge < -0.3 is 14.8 Å². The summed E-state index contributed by atoms with van der Waals surface area (Å²) < 4.78 is 10.7. The predicted octanol–water partition coefficient (Wildman–Crippen LogP) is 8.49. The van der Waals surface area contributed by atoms with Crippen LogP contribution in [0.15, 0.2) is 0 Å². The van der Waals surface area contributed by atoms with Gasteiger partial charge in [-0.2, -0.15) is 0 Å². The van der Waals surface area contributed by atoms with Gasteiger partial charge in [0, 0.05) is 0 Å². The van der Waals surface area contributed by atoms with Crippen LogP contribution in [0.25, 0.3) is 0 Å². The molecule has 5 heteroatoms. The van der Waals surface area contributed by atoms with Crippen molar-refractivity contribution in [2.75, 3.05) is 13.2 Å². The lowest BCUT2D eigenvalue weighted by atomic mass is 9.84. The molecule has 0 saturated heterocycles. The lowest BCUT2D eigenvalue weighted by Gasteiger charge is -2.29. The molecule has 1 saturated carbocycles. The molecule has 1 amide bonds. The van der Waals surface area contributed by atoms with Crippen molar-refractivity contribution in [2.45, 2.75) is 155 Å². The summed E-state index contributed by atoms with van der Waals surface area (Å²) >= 11 is 0. The molecular formula is C29H55NO4. The van der Waals surface area contributed by atoms with Crippen LogP contribution in [0.3, 0.4) is 0 Å². The number of amides is 1. The van der Waals surface area contributed by atoms with Gasteiger partial charge in [-0.15, -0.1) is 0 Å². The van der Waals surface area contributed by atoms with Crippen LogP contribution < -0.4 is 5.32 Å². The Kier molecular flexibility index (Phi) is 20.1. The van der Waals surface area contributed by atoms with Crippen molar-refractivity contribution in [3.63, 3.8) is 0 Å². The summed E-state index contributed by atoms with van der Waals surface area (Å²) in [6.07, 6.45) is 25.4. The monoisotopic (exact) mass is 481 g/mol. The van der Waals surface area contributed by atoms with Crippen molar-refractivity contribution in [1.82, 2.24) is 5.32 Å². The summed E-state index contributed by atoms with van der Waals surface area (Å²) in [4.78, 5) is 24.7. The number of hydrogen-bond acceptors (Lipinski definition) is 4.